The predicted octanol–water partition coefficient (Wildman–Crippen LogP) is 2.59. The molecule has 0 saturated heterocycles. The predicted molar refractivity (Wildman–Crippen MR) is 83.2 cm³/mol. The first-order valence-electron chi connectivity index (χ1n) is 7.31. The fraction of sp³-hybridized carbons (Fsp3) is 0.400. The van der Waals surface area contributed by atoms with Gasteiger partial charge in [-0.2, -0.15) is 13.2 Å². The minimum atomic E-state index is -4.59. The van der Waals surface area contributed by atoms with Crippen molar-refractivity contribution in [3.05, 3.63) is 35.4 Å². The van der Waals surface area contributed by atoms with Gasteiger partial charge in [-0.15, -0.1) is 0 Å². The molecular formula is C15H15F3N3O3S-. The van der Waals surface area contributed by atoms with Gasteiger partial charge in [-0.05, 0) is 18.6 Å². The zero-order valence-electron chi connectivity index (χ0n) is 13.5. The summed E-state index contributed by atoms with van der Waals surface area (Å²) in [6.45, 7) is 2.45. The van der Waals surface area contributed by atoms with Gasteiger partial charge in [0.2, 0.25) is 0 Å². The molecule has 0 bridgehead atoms. The summed E-state index contributed by atoms with van der Waals surface area (Å²) in [5.41, 5.74) is -1.03. The summed E-state index contributed by atoms with van der Waals surface area (Å²) in [7, 11) is 1.65. The number of aromatic nitrogens is 2. The normalized spacial score (nSPS) is 11.6. The Morgan fingerprint density at radius 2 is 2.08 bits per heavy atom. The number of furan rings is 1. The highest BCUT2D eigenvalue weighted by atomic mass is 32.2. The zero-order chi connectivity index (χ0) is 18.6. The average Bonchev–Trinajstić information content (AvgIpc) is 3.01. The number of hydrogen-bond donors (Lipinski definition) is 0. The maximum absolute atomic E-state index is 13.0. The van der Waals surface area contributed by atoms with Gasteiger partial charge < -0.3 is 19.2 Å². The van der Waals surface area contributed by atoms with E-state index in [2.05, 4.69) is 9.97 Å². The fourth-order valence-electron chi connectivity index (χ4n) is 1.97. The minimum absolute atomic E-state index is 0.0702. The van der Waals surface area contributed by atoms with Crippen molar-refractivity contribution in [1.82, 2.24) is 9.97 Å². The van der Waals surface area contributed by atoms with Gasteiger partial charge in [0.15, 0.2) is 10.9 Å². The smallest absolute Gasteiger partial charge is 0.433 e. The molecule has 0 atom stereocenters. The summed E-state index contributed by atoms with van der Waals surface area (Å²) in [6.07, 6.45) is -3.84. The van der Waals surface area contributed by atoms with Crippen LogP contribution in [-0.4, -0.2) is 29.5 Å². The van der Waals surface area contributed by atoms with Crippen LogP contribution in [0.2, 0.25) is 0 Å². The van der Waals surface area contributed by atoms with Gasteiger partial charge in [0, 0.05) is 19.7 Å². The van der Waals surface area contributed by atoms with Crippen LogP contribution in [0.25, 0.3) is 0 Å². The van der Waals surface area contributed by atoms with Gasteiger partial charge in [0.25, 0.3) is 0 Å². The van der Waals surface area contributed by atoms with E-state index in [1.807, 2.05) is 6.92 Å². The van der Waals surface area contributed by atoms with Crippen molar-refractivity contribution >= 4 is 23.5 Å². The van der Waals surface area contributed by atoms with Gasteiger partial charge in [0.05, 0.1) is 5.75 Å². The lowest BCUT2D eigenvalue weighted by molar-refractivity contribution is -0.257. The fourth-order valence-corrected chi connectivity index (χ4v) is 2.72. The molecule has 25 heavy (non-hydrogen) atoms. The molecule has 2 heterocycles. The Balaban J connectivity index is 2.22. The summed E-state index contributed by atoms with van der Waals surface area (Å²) in [5.74, 6) is -1.28. The first-order valence-corrected chi connectivity index (χ1v) is 8.29. The number of nitrogens with zero attached hydrogens (tertiary/aromatic N) is 3. The Hall–Kier alpha value is -2.23. The summed E-state index contributed by atoms with van der Waals surface area (Å²) in [5, 5.41) is 10.6. The second-order valence-electron chi connectivity index (χ2n) is 5.16. The average molecular weight is 374 g/mol. The lowest BCUT2D eigenvalue weighted by Crippen LogP contribution is -2.21. The number of aromatic carboxylic acids is 1. The van der Waals surface area contributed by atoms with Crippen LogP contribution < -0.4 is 10.0 Å². The summed E-state index contributed by atoms with van der Waals surface area (Å²) in [6, 6.07) is 3.54. The van der Waals surface area contributed by atoms with Crippen LogP contribution in [0.1, 0.15) is 35.4 Å². The van der Waals surface area contributed by atoms with Crippen LogP contribution in [0.4, 0.5) is 19.0 Å². The van der Waals surface area contributed by atoms with Crippen molar-refractivity contribution in [2.24, 2.45) is 0 Å². The molecule has 0 unspecified atom stereocenters. The van der Waals surface area contributed by atoms with Gasteiger partial charge in [-0.3, -0.25) is 0 Å². The molecule has 0 N–H and O–H groups in total. The Labute approximate surface area is 146 Å². The molecule has 136 valence electrons. The van der Waals surface area contributed by atoms with E-state index in [9.17, 15) is 23.1 Å². The molecule has 0 aliphatic rings. The number of carbonyl (C=O) groups excluding carboxylic acids is 1. The third kappa shape index (κ3) is 5.12. The number of alkyl halides is 3. The topological polar surface area (TPSA) is 82.3 Å². The largest absolute Gasteiger partial charge is 0.542 e. The van der Waals surface area contributed by atoms with Crippen molar-refractivity contribution in [3.8, 4) is 0 Å². The quantitative estimate of drug-likeness (QED) is 0.544. The van der Waals surface area contributed by atoms with Crippen LogP contribution in [0.5, 0.6) is 0 Å². The number of anilines is 1. The first-order chi connectivity index (χ1) is 11.7. The molecule has 10 heteroatoms. The third-order valence-electron chi connectivity index (χ3n) is 3.14. The van der Waals surface area contributed by atoms with E-state index in [1.165, 1.54) is 12.1 Å². The molecule has 6 nitrogen and oxygen atoms in total. The molecule has 0 fully saturated rings. The zero-order valence-corrected chi connectivity index (χ0v) is 14.3. The standard InChI is InChI=1S/C15H16F3N3O3S/c1-3-6-21(2)12-7-11(15(16,17)18)19-14(20-12)25-8-9-4-5-10(24-9)13(22)23/h4-5,7H,3,6,8H2,1-2H3,(H,22,23)/p-1. The van der Waals surface area contributed by atoms with Crippen LogP contribution >= 0.6 is 11.8 Å². The molecule has 0 aliphatic carbocycles. The lowest BCUT2D eigenvalue weighted by atomic mass is 10.3. The maximum atomic E-state index is 13.0. The Morgan fingerprint density at radius 1 is 1.36 bits per heavy atom. The van der Waals surface area contributed by atoms with E-state index in [-0.39, 0.29) is 28.2 Å². The number of rotatable bonds is 7. The minimum Gasteiger partial charge on any atom is -0.542 e. The molecule has 0 amide bonds. The van der Waals surface area contributed by atoms with Crippen molar-refractivity contribution in [1.29, 1.82) is 0 Å². The molecule has 2 aromatic rings. The van der Waals surface area contributed by atoms with Gasteiger partial charge >= 0.3 is 6.18 Å². The molecule has 0 aromatic carbocycles. The molecule has 0 spiro atoms. The number of carboxylic acid groups (broad SMARTS) is 1. The van der Waals surface area contributed by atoms with Gasteiger partial charge in [-0.1, -0.05) is 18.7 Å². The molecule has 2 rings (SSSR count). The Kier molecular flexibility index (Phi) is 5.93. The van der Waals surface area contributed by atoms with Crippen LogP contribution in [0.15, 0.2) is 27.8 Å². The van der Waals surface area contributed by atoms with Crippen molar-refractivity contribution in [2.75, 3.05) is 18.5 Å². The Bertz CT molecular complexity index is 749. The monoisotopic (exact) mass is 374 g/mol. The van der Waals surface area contributed by atoms with Gasteiger partial charge in [0.1, 0.15) is 23.3 Å². The first kappa shape index (κ1) is 19.1. The number of carbonyl (C=O) groups is 1. The van der Waals surface area contributed by atoms with Crippen molar-refractivity contribution in [3.63, 3.8) is 0 Å². The SMILES string of the molecule is CCCN(C)c1cc(C(F)(F)F)nc(SCc2ccc(C(=O)[O-])o2)n1. The van der Waals surface area contributed by atoms with Crippen molar-refractivity contribution in [2.45, 2.75) is 30.4 Å². The van der Waals surface area contributed by atoms with Crippen LogP contribution in [0.3, 0.4) is 0 Å². The van der Waals surface area contributed by atoms with E-state index in [1.54, 1.807) is 11.9 Å². The van der Waals surface area contributed by atoms with E-state index in [0.29, 0.717) is 6.54 Å². The van der Waals surface area contributed by atoms with E-state index >= 15 is 0 Å². The molecule has 0 radical (unpaired) electrons. The van der Waals surface area contributed by atoms with Crippen molar-refractivity contribution < 1.29 is 27.5 Å². The van der Waals surface area contributed by atoms with Crippen LogP contribution in [-0.2, 0) is 11.9 Å². The molecule has 2 aromatic heterocycles. The summed E-state index contributed by atoms with van der Waals surface area (Å²) >= 11 is 0.923. The number of carboxylic acids is 1. The second kappa shape index (κ2) is 7.77. The number of hydrogen-bond acceptors (Lipinski definition) is 7. The molecular weight excluding hydrogens is 359 g/mol. The van der Waals surface area contributed by atoms with Gasteiger partial charge in [-0.25, -0.2) is 9.97 Å². The second-order valence-corrected chi connectivity index (χ2v) is 6.10. The molecule has 0 aliphatic heterocycles. The number of thioether (sulfide) groups is 1. The van der Waals surface area contributed by atoms with E-state index in [0.717, 1.165) is 24.2 Å². The molecule has 0 saturated carbocycles. The van der Waals surface area contributed by atoms with E-state index < -0.39 is 17.8 Å². The third-order valence-corrected chi connectivity index (χ3v) is 4.01. The van der Waals surface area contributed by atoms with E-state index in [4.69, 9.17) is 4.42 Å². The Morgan fingerprint density at radius 3 is 2.64 bits per heavy atom. The van der Waals surface area contributed by atoms with Crippen LogP contribution in [0, 0.1) is 0 Å². The highest BCUT2D eigenvalue weighted by molar-refractivity contribution is 7.98. The summed E-state index contributed by atoms with van der Waals surface area (Å²) < 4.78 is 44.1. The lowest BCUT2D eigenvalue weighted by Gasteiger charge is -2.19. The maximum Gasteiger partial charge on any atom is 0.433 e. The highest BCUT2D eigenvalue weighted by Crippen LogP contribution is 2.32. The number of halogens is 3. The summed E-state index contributed by atoms with van der Waals surface area (Å²) in [4.78, 5) is 19.9. The highest BCUT2D eigenvalue weighted by Gasteiger charge is 2.34.